The summed E-state index contributed by atoms with van der Waals surface area (Å²) in [5, 5.41) is 16.3. The van der Waals surface area contributed by atoms with Crippen LogP contribution < -0.4 is 5.32 Å². The van der Waals surface area contributed by atoms with Gasteiger partial charge in [0.05, 0.1) is 18.2 Å². The maximum Gasteiger partial charge on any atom is 0.317 e. The zero-order chi connectivity index (χ0) is 15.6. The molecule has 0 aromatic carbocycles. The van der Waals surface area contributed by atoms with Gasteiger partial charge in [-0.25, -0.2) is 4.79 Å². The fraction of sp³-hybridized carbons (Fsp3) is 0.643. The highest BCUT2D eigenvalue weighted by Crippen LogP contribution is 2.38. The third-order valence-electron chi connectivity index (χ3n) is 4.27. The van der Waals surface area contributed by atoms with Gasteiger partial charge in [0.15, 0.2) is 0 Å². The van der Waals surface area contributed by atoms with Crippen molar-refractivity contribution in [2.45, 2.75) is 38.8 Å². The van der Waals surface area contributed by atoms with E-state index in [0.29, 0.717) is 19.4 Å². The van der Waals surface area contributed by atoms with E-state index < -0.39 is 11.4 Å². The Morgan fingerprint density at radius 3 is 2.90 bits per heavy atom. The third-order valence-corrected chi connectivity index (χ3v) is 4.27. The van der Waals surface area contributed by atoms with E-state index in [1.807, 2.05) is 13.2 Å². The highest BCUT2D eigenvalue weighted by Gasteiger charge is 2.46. The first kappa shape index (κ1) is 15.3. The number of carbonyl (C=O) groups is 2. The van der Waals surface area contributed by atoms with Gasteiger partial charge in [0.2, 0.25) is 0 Å². The number of amides is 2. The van der Waals surface area contributed by atoms with Crippen molar-refractivity contribution in [3.05, 3.63) is 18.0 Å². The number of hydrogen-bond donors (Lipinski definition) is 2. The normalized spacial score (nSPS) is 24.8. The molecule has 1 aliphatic carbocycles. The average molecular weight is 294 g/mol. The van der Waals surface area contributed by atoms with Crippen molar-refractivity contribution in [1.82, 2.24) is 20.0 Å². The highest BCUT2D eigenvalue weighted by atomic mass is 16.4. The van der Waals surface area contributed by atoms with E-state index in [1.54, 1.807) is 24.9 Å². The summed E-state index contributed by atoms with van der Waals surface area (Å²) in [6.45, 7) is 2.14. The molecule has 2 amide bonds. The van der Waals surface area contributed by atoms with Gasteiger partial charge in [-0.05, 0) is 19.8 Å². The molecule has 0 bridgehead atoms. The number of hydrogen-bond acceptors (Lipinski definition) is 3. The highest BCUT2D eigenvalue weighted by molar-refractivity contribution is 5.79. The topological polar surface area (TPSA) is 87.5 Å². The van der Waals surface area contributed by atoms with Crippen molar-refractivity contribution >= 4 is 12.0 Å². The van der Waals surface area contributed by atoms with Crippen LogP contribution in [0.3, 0.4) is 0 Å². The molecule has 1 aromatic rings. The van der Waals surface area contributed by atoms with E-state index in [2.05, 4.69) is 10.4 Å². The van der Waals surface area contributed by atoms with Crippen molar-refractivity contribution in [1.29, 1.82) is 0 Å². The molecular weight excluding hydrogens is 272 g/mol. The Balaban J connectivity index is 1.96. The third kappa shape index (κ3) is 3.17. The van der Waals surface area contributed by atoms with Crippen LogP contribution in [0, 0.1) is 5.41 Å². The first-order valence-electron chi connectivity index (χ1n) is 7.05. The zero-order valence-corrected chi connectivity index (χ0v) is 12.7. The van der Waals surface area contributed by atoms with E-state index in [1.165, 1.54) is 4.90 Å². The summed E-state index contributed by atoms with van der Waals surface area (Å²) < 4.78 is 1.68. The summed E-state index contributed by atoms with van der Waals surface area (Å²) in [6, 6.07) is -0.572. The molecule has 2 unspecified atom stereocenters. The lowest BCUT2D eigenvalue weighted by molar-refractivity contribution is -0.148. The SMILES string of the molecule is CN(Cc1cnn(C)c1)C(=O)NC1CCCC1(C)C(=O)O. The molecule has 2 atom stereocenters. The molecule has 0 spiro atoms. The van der Waals surface area contributed by atoms with Crippen LogP contribution >= 0.6 is 0 Å². The number of carboxylic acids is 1. The molecule has 0 radical (unpaired) electrons. The van der Waals surface area contributed by atoms with Crippen LogP contribution in [0.4, 0.5) is 4.79 Å². The number of urea groups is 1. The number of aryl methyl sites for hydroxylation is 1. The van der Waals surface area contributed by atoms with Crippen LogP contribution in [-0.2, 0) is 18.4 Å². The second-order valence-electron chi connectivity index (χ2n) is 6.00. The van der Waals surface area contributed by atoms with Gasteiger partial charge in [0.25, 0.3) is 0 Å². The van der Waals surface area contributed by atoms with Crippen molar-refractivity contribution in [2.24, 2.45) is 12.5 Å². The first-order chi connectivity index (χ1) is 9.83. The molecule has 7 nitrogen and oxygen atoms in total. The molecule has 1 aliphatic rings. The van der Waals surface area contributed by atoms with Crippen LogP contribution in [0.15, 0.2) is 12.4 Å². The molecule has 116 valence electrons. The fourth-order valence-corrected chi connectivity index (χ4v) is 2.81. The first-order valence-corrected chi connectivity index (χ1v) is 7.05. The maximum atomic E-state index is 12.2. The molecular formula is C14H22N4O3. The average Bonchev–Trinajstić information content (AvgIpc) is 2.97. The quantitative estimate of drug-likeness (QED) is 0.873. The number of aliphatic carboxylic acids is 1. The summed E-state index contributed by atoms with van der Waals surface area (Å²) in [6.07, 6.45) is 5.68. The Labute approximate surface area is 123 Å². The lowest BCUT2D eigenvalue weighted by atomic mass is 9.85. The van der Waals surface area contributed by atoms with E-state index in [4.69, 9.17) is 0 Å². The summed E-state index contributed by atoms with van der Waals surface area (Å²) >= 11 is 0. The number of rotatable bonds is 4. The number of carbonyl (C=O) groups excluding carboxylic acids is 1. The Hall–Kier alpha value is -2.05. The molecule has 1 heterocycles. The van der Waals surface area contributed by atoms with Gasteiger partial charge in [-0.1, -0.05) is 6.42 Å². The monoisotopic (exact) mass is 294 g/mol. The summed E-state index contributed by atoms with van der Waals surface area (Å²) in [7, 11) is 3.51. The molecule has 21 heavy (non-hydrogen) atoms. The van der Waals surface area contributed by atoms with Crippen molar-refractivity contribution in [3.63, 3.8) is 0 Å². The number of aromatic nitrogens is 2. The van der Waals surface area contributed by atoms with E-state index in [9.17, 15) is 14.7 Å². The number of carboxylic acid groups (broad SMARTS) is 1. The van der Waals surface area contributed by atoms with E-state index in [-0.39, 0.29) is 12.1 Å². The van der Waals surface area contributed by atoms with Crippen LogP contribution in [-0.4, -0.2) is 44.9 Å². The molecule has 1 aromatic heterocycles. The molecule has 0 saturated heterocycles. The largest absolute Gasteiger partial charge is 0.481 e. The van der Waals surface area contributed by atoms with Crippen LogP contribution in [0.5, 0.6) is 0 Å². The number of nitrogens with one attached hydrogen (secondary N) is 1. The molecule has 7 heteroatoms. The van der Waals surface area contributed by atoms with Crippen molar-refractivity contribution in [3.8, 4) is 0 Å². The Bertz CT molecular complexity index is 542. The van der Waals surface area contributed by atoms with E-state index >= 15 is 0 Å². The van der Waals surface area contributed by atoms with Gasteiger partial charge < -0.3 is 15.3 Å². The van der Waals surface area contributed by atoms with Crippen molar-refractivity contribution in [2.75, 3.05) is 7.05 Å². The van der Waals surface area contributed by atoms with Crippen LogP contribution in [0.1, 0.15) is 31.7 Å². The van der Waals surface area contributed by atoms with Gasteiger partial charge in [0.1, 0.15) is 0 Å². The lowest BCUT2D eigenvalue weighted by Gasteiger charge is -2.29. The Morgan fingerprint density at radius 2 is 2.33 bits per heavy atom. The Kier molecular flexibility index (Phi) is 4.20. The van der Waals surface area contributed by atoms with E-state index in [0.717, 1.165) is 12.0 Å². The van der Waals surface area contributed by atoms with Gasteiger partial charge >= 0.3 is 12.0 Å². The van der Waals surface area contributed by atoms with Crippen LogP contribution in [0.25, 0.3) is 0 Å². The standard InChI is InChI=1S/C14H22N4O3/c1-14(12(19)20)6-4-5-11(14)16-13(21)17(2)8-10-7-15-18(3)9-10/h7,9,11H,4-6,8H2,1-3H3,(H,16,21)(H,19,20). The smallest absolute Gasteiger partial charge is 0.317 e. The summed E-state index contributed by atoms with van der Waals surface area (Å²) in [5.74, 6) is -0.847. The summed E-state index contributed by atoms with van der Waals surface area (Å²) in [4.78, 5) is 25.2. The molecule has 2 N–H and O–H groups in total. The van der Waals surface area contributed by atoms with Gasteiger partial charge in [-0.2, -0.15) is 5.10 Å². The second kappa shape index (κ2) is 5.75. The maximum absolute atomic E-state index is 12.2. The van der Waals surface area contributed by atoms with Gasteiger partial charge in [-0.15, -0.1) is 0 Å². The molecule has 1 fully saturated rings. The van der Waals surface area contributed by atoms with Crippen molar-refractivity contribution < 1.29 is 14.7 Å². The molecule has 1 saturated carbocycles. The minimum atomic E-state index is -0.870. The predicted octanol–water partition coefficient (Wildman–Crippen LogP) is 1.20. The zero-order valence-electron chi connectivity index (χ0n) is 12.7. The van der Waals surface area contributed by atoms with Crippen LogP contribution in [0.2, 0.25) is 0 Å². The second-order valence-corrected chi connectivity index (χ2v) is 6.00. The minimum Gasteiger partial charge on any atom is -0.481 e. The molecule has 0 aliphatic heterocycles. The van der Waals surface area contributed by atoms with Gasteiger partial charge in [-0.3, -0.25) is 9.48 Å². The predicted molar refractivity (Wildman–Crippen MR) is 76.6 cm³/mol. The Morgan fingerprint density at radius 1 is 1.62 bits per heavy atom. The fourth-order valence-electron chi connectivity index (χ4n) is 2.81. The summed E-state index contributed by atoms with van der Waals surface area (Å²) in [5.41, 5.74) is 0.0627. The number of nitrogens with zero attached hydrogens (tertiary/aromatic N) is 3. The minimum absolute atomic E-state index is 0.252. The molecule has 2 rings (SSSR count). The lowest BCUT2D eigenvalue weighted by Crippen LogP contribution is -2.50. The van der Waals surface area contributed by atoms with Gasteiger partial charge in [0, 0.05) is 31.9 Å².